The van der Waals surface area contributed by atoms with Crippen LogP contribution in [-0.2, 0) is 17.6 Å². The molecule has 4 rings (SSSR count). The molecule has 6 heteroatoms. The second-order valence-electron chi connectivity index (χ2n) is 8.03. The van der Waals surface area contributed by atoms with Crippen molar-refractivity contribution in [1.82, 2.24) is 9.80 Å². The second kappa shape index (κ2) is 9.96. The molecule has 1 amide bonds. The lowest BCUT2D eigenvalue weighted by molar-refractivity contribution is -0.117. The summed E-state index contributed by atoms with van der Waals surface area (Å²) < 4.78 is 11.0. The number of anilines is 1. The van der Waals surface area contributed by atoms with Gasteiger partial charge in [-0.05, 0) is 66.8 Å². The molecule has 0 aromatic heterocycles. The summed E-state index contributed by atoms with van der Waals surface area (Å²) in [5, 5.41) is 3.07. The summed E-state index contributed by atoms with van der Waals surface area (Å²) >= 11 is 0. The highest BCUT2D eigenvalue weighted by molar-refractivity contribution is 5.92. The lowest BCUT2D eigenvalue weighted by Crippen LogP contribution is -2.49. The Morgan fingerprint density at radius 1 is 0.933 bits per heavy atom. The number of carbonyl (C=O) groups is 1. The van der Waals surface area contributed by atoms with Crippen molar-refractivity contribution in [3.63, 3.8) is 0 Å². The number of benzene rings is 2. The summed E-state index contributed by atoms with van der Waals surface area (Å²) in [5.74, 6) is 1.76. The van der Waals surface area contributed by atoms with Crippen LogP contribution in [0.1, 0.15) is 17.5 Å². The molecular weight excluding hydrogens is 378 g/mol. The molecule has 0 spiro atoms. The van der Waals surface area contributed by atoms with Gasteiger partial charge in [0.25, 0.3) is 0 Å². The van der Waals surface area contributed by atoms with Crippen LogP contribution in [0, 0.1) is 0 Å². The number of methoxy groups -OCH3 is 1. The maximum Gasteiger partial charge on any atom is 0.238 e. The minimum absolute atomic E-state index is 0.0734. The van der Waals surface area contributed by atoms with Crippen molar-refractivity contribution in [2.45, 2.75) is 19.3 Å². The van der Waals surface area contributed by atoms with Crippen molar-refractivity contribution in [3.05, 3.63) is 53.6 Å². The average Bonchev–Trinajstić information content (AvgIpc) is 3.23. The van der Waals surface area contributed by atoms with Gasteiger partial charge in [0.05, 0.1) is 13.7 Å². The number of fused-ring (bicyclic) bond motifs is 1. The zero-order chi connectivity index (χ0) is 20.8. The standard InChI is InChI=1S/C24H31N3O3/c1-29-22-7-9-23(10-8-22)30-16-15-26-11-13-27(14-12-26)18-24(28)25-21-6-5-19-3-2-4-20(19)17-21/h5-10,17H,2-4,11-16,18H2,1H3,(H,25,28). The van der Waals surface area contributed by atoms with E-state index in [-0.39, 0.29) is 5.91 Å². The van der Waals surface area contributed by atoms with Crippen LogP contribution in [0.25, 0.3) is 0 Å². The molecule has 30 heavy (non-hydrogen) atoms. The smallest absolute Gasteiger partial charge is 0.238 e. The third kappa shape index (κ3) is 5.52. The van der Waals surface area contributed by atoms with Gasteiger partial charge in [-0.3, -0.25) is 14.6 Å². The summed E-state index contributed by atoms with van der Waals surface area (Å²) in [6.45, 7) is 5.72. The first-order valence-corrected chi connectivity index (χ1v) is 10.8. The number of rotatable bonds is 8. The van der Waals surface area contributed by atoms with Gasteiger partial charge in [-0.25, -0.2) is 0 Å². The molecule has 6 nitrogen and oxygen atoms in total. The third-order valence-electron chi connectivity index (χ3n) is 5.95. The minimum atomic E-state index is 0.0734. The third-order valence-corrected chi connectivity index (χ3v) is 5.95. The fourth-order valence-corrected chi connectivity index (χ4v) is 4.19. The Hall–Kier alpha value is -2.57. The summed E-state index contributed by atoms with van der Waals surface area (Å²) in [7, 11) is 1.66. The number of nitrogens with one attached hydrogen (secondary N) is 1. The molecule has 1 fully saturated rings. The van der Waals surface area contributed by atoms with E-state index in [0.717, 1.165) is 56.3 Å². The SMILES string of the molecule is COc1ccc(OCCN2CCN(CC(=O)Nc3ccc4c(c3)CCC4)CC2)cc1. The molecule has 2 aromatic rings. The highest BCUT2D eigenvalue weighted by Crippen LogP contribution is 2.25. The number of piperazine rings is 1. The van der Waals surface area contributed by atoms with E-state index < -0.39 is 0 Å². The molecule has 0 atom stereocenters. The quantitative estimate of drug-likeness (QED) is 0.727. The van der Waals surface area contributed by atoms with Gasteiger partial charge in [0.15, 0.2) is 0 Å². The first kappa shape index (κ1) is 20.7. The Morgan fingerprint density at radius 2 is 1.63 bits per heavy atom. The fraction of sp³-hybridized carbons (Fsp3) is 0.458. The second-order valence-corrected chi connectivity index (χ2v) is 8.03. The molecule has 0 bridgehead atoms. The molecule has 0 unspecified atom stereocenters. The predicted molar refractivity (Wildman–Crippen MR) is 118 cm³/mol. The number of ether oxygens (including phenoxy) is 2. The van der Waals surface area contributed by atoms with Crippen LogP contribution < -0.4 is 14.8 Å². The van der Waals surface area contributed by atoms with Crippen molar-refractivity contribution in [2.75, 3.05) is 58.3 Å². The lowest BCUT2D eigenvalue weighted by atomic mass is 10.1. The van der Waals surface area contributed by atoms with Crippen molar-refractivity contribution in [1.29, 1.82) is 0 Å². The van der Waals surface area contributed by atoms with E-state index in [1.54, 1.807) is 7.11 Å². The van der Waals surface area contributed by atoms with Crippen LogP contribution in [0.2, 0.25) is 0 Å². The average molecular weight is 410 g/mol. The van der Waals surface area contributed by atoms with E-state index in [9.17, 15) is 4.79 Å². The molecule has 2 aromatic carbocycles. The topological polar surface area (TPSA) is 54.0 Å². The van der Waals surface area contributed by atoms with Gasteiger partial charge in [-0.2, -0.15) is 0 Å². The van der Waals surface area contributed by atoms with Gasteiger partial charge in [0.1, 0.15) is 18.1 Å². The number of amides is 1. The normalized spacial score (nSPS) is 16.8. The summed E-state index contributed by atoms with van der Waals surface area (Å²) in [6, 6.07) is 14.0. The van der Waals surface area contributed by atoms with Crippen LogP contribution in [0.4, 0.5) is 5.69 Å². The number of carbonyl (C=O) groups excluding carboxylic acids is 1. The van der Waals surface area contributed by atoms with Gasteiger partial charge in [-0.15, -0.1) is 0 Å². The van der Waals surface area contributed by atoms with Crippen LogP contribution in [-0.4, -0.2) is 68.7 Å². The van der Waals surface area contributed by atoms with Crippen LogP contribution in [0.3, 0.4) is 0 Å². The molecule has 0 saturated carbocycles. The van der Waals surface area contributed by atoms with Crippen LogP contribution >= 0.6 is 0 Å². The monoisotopic (exact) mass is 409 g/mol. The maximum absolute atomic E-state index is 12.4. The zero-order valence-electron chi connectivity index (χ0n) is 17.7. The van der Waals surface area contributed by atoms with Gasteiger partial charge < -0.3 is 14.8 Å². The number of nitrogens with zero attached hydrogens (tertiary/aromatic N) is 2. The Labute approximate surface area is 178 Å². The predicted octanol–water partition coefficient (Wildman–Crippen LogP) is 2.82. The molecule has 1 saturated heterocycles. The Morgan fingerprint density at radius 3 is 2.40 bits per heavy atom. The lowest BCUT2D eigenvalue weighted by Gasteiger charge is -2.34. The first-order valence-electron chi connectivity index (χ1n) is 10.8. The Kier molecular flexibility index (Phi) is 6.87. The van der Waals surface area contributed by atoms with Crippen molar-refractivity contribution in [2.24, 2.45) is 0 Å². The molecule has 0 radical (unpaired) electrons. The molecule has 1 aliphatic heterocycles. The van der Waals surface area contributed by atoms with Crippen molar-refractivity contribution in [3.8, 4) is 11.5 Å². The van der Waals surface area contributed by atoms with E-state index in [0.29, 0.717) is 13.2 Å². The van der Waals surface area contributed by atoms with E-state index in [1.807, 2.05) is 30.3 Å². The summed E-state index contributed by atoms with van der Waals surface area (Å²) in [6.07, 6.45) is 3.52. The largest absolute Gasteiger partial charge is 0.497 e. The number of aryl methyl sites for hydroxylation is 2. The fourth-order valence-electron chi connectivity index (χ4n) is 4.19. The van der Waals surface area contributed by atoms with E-state index >= 15 is 0 Å². The van der Waals surface area contributed by atoms with Crippen LogP contribution in [0.5, 0.6) is 11.5 Å². The molecule has 1 aliphatic carbocycles. The molecule has 160 valence electrons. The highest BCUT2D eigenvalue weighted by atomic mass is 16.5. The van der Waals surface area contributed by atoms with Crippen molar-refractivity contribution >= 4 is 11.6 Å². The van der Waals surface area contributed by atoms with Gasteiger partial charge in [-0.1, -0.05) is 6.07 Å². The molecule has 1 heterocycles. The highest BCUT2D eigenvalue weighted by Gasteiger charge is 2.19. The van der Waals surface area contributed by atoms with Gasteiger partial charge >= 0.3 is 0 Å². The van der Waals surface area contributed by atoms with Gasteiger partial charge in [0.2, 0.25) is 5.91 Å². The Balaban J connectivity index is 1.14. The zero-order valence-corrected chi connectivity index (χ0v) is 17.7. The first-order chi connectivity index (χ1) is 14.7. The van der Waals surface area contributed by atoms with E-state index in [1.165, 1.54) is 24.0 Å². The number of hydrogen-bond acceptors (Lipinski definition) is 5. The molecule has 1 N–H and O–H groups in total. The molecule has 2 aliphatic rings. The number of hydrogen-bond donors (Lipinski definition) is 1. The van der Waals surface area contributed by atoms with Crippen molar-refractivity contribution < 1.29 is 14.3 Å². The molecular formula is C24H31N3O3. The Bertz CT molecular complexity index is 845. The minimum Gasteiger partial charge on any atom is -0.497 e. The summed E-state index contributed by atoms with van der Waals surface area (Å²) in [4.78, 5) is 17.1. The van der Waals surface area contributed by atoms with Gasteiger partial charge in [0, 0.05) is 38.4 Å². The maximum atomic E-state index is 12.4. The van der Waals surface area contributed by atoms with Crippen LogP contribution in [0.15, 0.2) is 42.5 Å². The van der Waals surface area contributed by atoms with E-state index in [4.69, 9.17) is 9.47 Å². The summed E-state index contributed by atoms with van der Waals surface area (Å²) in [5.41, 5.74) is 3.74. The van der Waals surface area contributed by atoms with E-state index in [2.05, 4.69) is 27.2 Å².